The number of nitrogens with zero attached hydrogens (tertiary/aromatic N) is 2. The summed E-state index contributed by atoms with van der Waals surface area (Å²) in [5, 5.41) is 14.5. The molecule has 2 aromatic carbocycles. The Kier molecular flexibility index (Phi) is 5.22. The van der Waals surface area contributed by atoms with Crippen molar-refractivity contribution in [3.63, 3.8) is 0 Å². The van der Waals surface area contributed by atoms with Crippen LogP contribution in [0.25, 0.3) is 0 Å². The minimum atomic E-state index is -0.446. The highest BCUT2D eigenvalue weighted by atomic mass is 35.5. The maximum Gasteiger partial charge on any atom is 0.294 e. The first-order chi connectivity index (χ1) is 10.5. The van der Waals surface area contributed by atoms with E-state index in [0.717, 1.165) is 24.5 Å². The Bertz CT molecular complexity index is 655. The number of hydrogen-bond acceptors (Lipinski definition) is 4. The van der Waals surface area contributed by atoms with Gasteiger partial charge in [0, 0.05) is 35.6 Å². The lowest BCUT2D eigenvalue weighted by molar-refractivity contribution is -0.383. The average molecular weight is 320 g/mol. The monoisotopic (exact) mass is 319 g/mol. The number of anilines is 3. The fraction of sp³-hybridized carbons (Fsp3) is 0.250. The van der Waals surface area contributed by atoms with Gasteiger partial charge in [-0.2, -0.15) is 0 Å². The van der Waals surface area contributed by atoms with Gasteiger partial charge < -0.3 is 10.2 Å². The van der Waals surface area contributed by atoms with Crippen LogP contribution < -0.4 is 10.2 Å². The summed E-state index contributed by atoms with van der Waals surface area (Å²) in [5.74, 6) is 0. The molecule has 0 atom stereocenters. The van der Waals surface area contributed by atoms with Crippen LogP contribution >= 0.6 is 11.6 Å². The summed E-state index contributed by atoms with van der Waals surface area (Å²) in [6, 6.07) is 12.4. The summed E-state index contributed by atoms with van der Waals surface area (Å²) in [6.07, 6.45) is 0. The molecule has 116 valence electrons. The maximum absolute atomic E-state index is 11.1. The largest absolute Gasteiger partial charge is 0.372 e. The van der Waals surface area contributed by atoms with Crippen molar-refractivity contribution < 1.29 is 4.92 Å². The van der Waals surface area contributed by atoms with E-state index >= 15 is 0 Å². The highest BCUT2D eigenvalue weighted by Crippen LogP contribution is 2.30. The van der Waals surface area contributed by atoms with Crippen LogP contribution in [0.15, 0.2) is 42.5 Å². The minimum Gasteiger partial charge on any atom is -0.372 e. The highest BCUT2D eigenvalue weighted by Gasteiger charge is 2.14. The number of nitro groups is 1. The highest BCUT2D eigenvalue weighted by molar-refractivity contribution is 6.30. The second kappa shape index (κ2) is 7.13. The molecule has 0 radical (unpaired) electrons. The fourth-order valence-corrected chi connectivity index (χ4v) is 2.43. The molecular weight excluding hydrogens is 302 g/mol. The molecular formula is C16H18ClN3O2. The second-order valence-electron chi connectivity index (χ2n) is 4.76. The van der Waals surface area contributed by atoms with Gasteiger partial charge in [0.2, 0.25) is 0 Å². The van der Waals surface area contributed by atoms with Crippen LogP contribution in [0.1, 0.15) is 13.8 Å². The second-order valence-corrected chi connectivity index (χ2v) is 5.20. The molecule has 0 heterocycles. The van der Waals surface area contributed by atoms with Crippen LogP contribution in [0, 0.1) is 10.1 Å². The Morgan fingerprint density at radius 2 is 1.77 bits per heavy atom. The van der Waals surface area contributed by atoms with Gasteiger partial charge in [-0.3, -0.25) is 10.1 Å². The van der Waals surface area contributed by atoms with Crippen molar-refractivity contribution in [2.24, 2.45) is 0 Å². The third kappa shape index (κ3) is 3.68. The number of hydrogen-bond donors (Lipinski definition) is 1. The first kappa shape index (κ1) is 16.1. The van der Waals surface area contributed by atoms with Crippen molar-refractivity contribution in [3.05, 3.63) is 57.6 Å². The van der Waals surface area contributed by atoms with E-state index < -0.39 is 4.92 Å². The topological polar surface area (TPSA) is 58.4 Å². The zero-order chi connectivity index (χ0) is 16.1. The lowest BCUT2D eigenvalue weighted by Crippen LogP contribution is -2.21. The zero-order valence-corrected chi connectivity index (χ0v) is 13.3. The standard InChI is InChI=1S/C16H18ClN3O2/c1-3-19(4-2)14-8-6-13(7-9-14)18-15-10-5-12(17)11-16(15)20(21)22/h5-11,18H,3-4H2,1-2H3. The van der Waals surface area contributed by atoms with Gasteiger partial charge in [-0.25, -0.2) is 0 Å². The Morgan fingerprint density at radius 3 is 2.32 bits per heavy atom. The Hall–Kier alpha value is -2.27. The molecule has 0 saturated carbocycles. The minimum absolute atomic E-state index is 0.0414. The van der Waals surface area contributed by atoms with Crippen molar-refractivity contribution in [1.29, 1.82) is 0 Å². The van der Waals surface area contributed by atoms with Crippen molar-refractivity contribution >= 4 is 34.4 Å². The van der Waals surface area contributed by atoms with Gasteiger partial charge in [0.25, 0.3) is 5.69 Å². The molecule has 0 fully saturated rings. The molecule has 5 nitrogen and oxygen atoms in total. The Labute approximate surface area is 134 Å². The van der Waals surface area contributed by atoms with Crippen LogP contribution in [0.2, 0.25) is 5.02 Å². The summed E-state index contributed by atoms with van der Waals surface area (Å²) in [6.45, 7) is 6.08. The SMILES string of the molecule is CCN(CC)c1ccc(Nc2ccc(Cl)cc2[N+](=O)[O-])cc1. The third-order valence-corrected chi connectivity index (χ3v) is 3.67. The van der Waals surface area contributed by atoms with Crippen molar-refractivity contribution in [1.82, 2.24) is 0 Å². The number of benzene rings is 2. The number of rotatable bonds is 6. The van der Waals surface area contributed by atoms with E-state index in [9.17, 15) is 10.1 Å². The summed E-state index contributed by atoms with van der Waals surface area (Å²) in [7, 11) is 0. The van der Waals surface area contributed by atoms with Gasteiger partial charge in [-0.15, -0.1) is 0 Å². The molecule has 2 aromatic rings. The van der Waals surface area contributed by atoms with Crippen molar-refractivity contribution in [2.75, 3.05) is 23.3 Å². The molecule has 0 aromatic heterocycles. The molecule has 0 saturated heterocycles. The molecule has 0 unspecified atom stereocenters. The molecule has 6 heteroatoms. The molecule has 0 spiro atoms. The van der Waals surface area contributed by atoms with Crippen LogP contribution in [0.4, 0.5) is 22.7 Å². The molecule has 0 aliphatic heterocycles. The lowest BCUT2D eigenvalue weighted by atomic mass is 10.2. The predicted molar refractivity (Wildman–Crippen MR) is 91.4 cm³/mol. The van der Waals surface area contributed by atoms with E-state index in [4.69, 9.17) is 11.6 Å². The predicted octanol–water partition coefficient (Wildman–Crippen LogP) is 4.84. The summed E-state index contributed by atoms with van der Waals surface area (Å²) in [4.78, 5) is 12.9. The summed E-state index contributed by atoms with van der Waals surface area (Å²) in [5.41, 5.74) is 2.30. The number of halogens is 1. The van der Waals surface area contributed by atoms with Crippen LogP contribution in [-0.4, -0.2) is 18.0 Å². The van der Waals surface area contributed by atoms with Crippen LogP contribution in [0.3, 0.4) is 0 Å². The Balaban J connectivity index is 2.23. The lowest BCUT2D eigenvalue weighted by Gasteiger charge is -2.21. The molecule has 0 amide bonds. The third-order valence-electron chi connectivity index (χ3n) is 3.43. The van der Waals surface area contributed by atoms with Crippen LogP contribution in [0.5, 0.6) is 0 Å². The quantitative estimate of drug-likeness (QED) is 0.611. The zero-order valence-electron chi connectivity index (χ0n) is 12.5. The number of nitro benzene ring substituents is 1. The van der Waals surface area contributed by atoms with Gasteiger partial charge in [-0.1, -0.05) is 11.6 Å². The van der Waals surface area contributed by atoms with E-state index in [0.29, 0.717) is 10.7 Å². The van der Waals surface area contributed by atoms with Gasteiger partial charge in [0.1, 0.15) is 5.69 Å². The Morgan fingerprint density at radius 1 is 1.14 bits per heavy atom. The van der Waals surface area contributed by atoms with E-state index in [1.807, 2.05) is 24.3 Å². The molecule has 22 heavy (non-hydrogen) atoms. The normalized spacial score (nSPS) is 10.3. The molecule has 0 aliphatic carbocycles. The first-order valence-electron chi connectivity index (χ1n) is 7.11. The summed E-state index contributed by atoms with van der Waals surface area (Å²) >= 11 is 5.81. The molecule has 2 rings (SSSR count). The van der Waals surface area contributed by atoms with Crippen LogP contribution in [-0.2, 0) is 0 Å². The number of nitrogens with one attached hydrogen (secondary N) is 1. The van der Waals surface area contributed by atoms with E-state index in [2.05, 4.69) is 24.1 Å². The van der Waals surface area contributed by atoms with E-state index in [1.54, 1.807) is 12.1 Å². The van der Waals surface area contributed by atoms with Gasteiger partial charge >= 0.3 is 0 Å². The summed E-state index contributed by atoms with van der Waals surface area (Å²) < 4.78 is 0. The van der Waals surface area contributed by atoms with Crippen molar-refractivity contribution in [2.45, 2.75) is 13.8 Å². The average Bonchev–Trinajstić information content (AvgIpc) is 2.51. The van der Waals surface area contributed by atoms with E-state index in [1.165, 1.54) is 6.07 Å². The van der Waals surface area contributed by atoms with Gasteiger partial charge in [0.05, 0.1) is 4.92 Å². The van der Waals surface area contributed by atoms with E-state index in [-0.39, 0.29) is 5.69 Å². The molecule has 1 N–H and O–H groups in total. The fourth-order valence-electron chi connectivity index (χ4n) is 2.26. The first-order valence-corrected chi connectivity index (χ1v) is 7.49. The smallest absolute Gasteiger partial charge is 0.294 e. The molecule has 0 aliphatic rings. The molecule has 0 bridgehead atoms. The van der Waals surface area contributed by atoms with Gasteiger partial charge in [0.15, 0.2) is 0 Å². The van der Waals surface area contributed by atoms with Gasteiger partial charge in [-0.05, 0) is 50.2 Å². The maximum atomic E-state index is 11.1. The van der Waals surface area contributed by atoms with Crippen molar-refractivity contribution in [3.8, 4) is 0 Å².